The van der Waals surface area contributed by atoms with Gasteiger partial charge in [0.05, 0.1) is 17.4 Å². The van der Waals surface area contributed by atoms with Crippen LogP contribution < -0.4 is 11.1 Å². The van der Waals surface area contributed by atoms with Crippen LogP contribution in [0.5, 0.6) is 0 Å². The van der Waals surface area contributed by atoms with Crippen molar-refractivity contribution in [3.63, 3.8) is 0 Å². The maximum atomic E-state index is 5.82. The van der Waals surface area contributed by atoms with Crippen molar-refractivity contribution in [2.24, 2.45) is 0 Å². The lowest BCUT2D eigenvalue weighted by Crippen LogP contribution is -2.11. The third kappa shape index (κ3) is 2.85. The highest BCUT2D eigenvalue weighted by atomic mass is 35.5. The lowest BCUT2D eigenvalue weighted by molar-refractivity contribution is 0.833. The van der Waals surface area contributed by atoms with E-state index in [4.69, 9.17) is 17.3 Å². The molecule has 0 aromatic carbocycles. The molecule has 0 fully saturated rings. The Balaban J connectivity index is 2.18. The lowest BCUT2D eigenvalue weighted by atomic mass is 10.2. The summed E-state index contributed by atoms with van der Waals surface area (Å²) in [5.41, 5.74) is 7.30. The molecule has 0 aliphatic heterocycles. The van der Waals surface area contributed by atoms with E-state index in [2.05, 4.69) is 15.3 Å². The molecule has 4 nitrogen and oxygen atoms in total. The lowest BCUT2D eigenvalue weighted by Gasteiger charge is -2.15. The second-order valence-electron chi connectivity index (χ2n) is 3.69. The first-order valence-corrected chi connectivity index (χ1v) is 5.64. The van der Waals surface area contributed by atoms with Gasteiger partial charge in [0.1, 0.15) is 5.15 Å². The average molecular weight is 249 g/mol. The fraction of sp³-hybridized carbons (Fsp3) is 0.167. The molecule has 88 valence electrons. The van der Waals surface area contributed by atoms with Crippen LogP contribution in [0.1, 0.15) is 18.7 Å². The van der Waals surface area contributed by atoms with Crippen molar-refractivity contribution in [1.29, 1.82) is 0 Å². The molecule has 0 saturated carbocycles. The Morgan fingerprint density at radius 3 is 2.82 bits per heavy atom. The van der Waals surface area contributed by atoms with E-state index < -0.39 is 0 Å². The number of aromatic nitrogens is 2. The second kappa shape index (κ2) is 5.01. The van der Waals surface area contributed by atoms with Gasteiger partial charge in [0.15, 0.2) is 5.82 Å². The molecule has 2 rings (SSSR count). The quantitative estimate of drug-likeness (QED) is 0.820. The van der Waals surface area contributed by atoms with Gasteiger partial charge in [-0.2, -0.15) is 0 Å². The number of hydrogen-bond donors (Lipinski definition) is 2. The molecule has 0 aliphatic rings. The highest BCUT2D eigenvalue weighted by molar-refractivity contribution is 6.29. The Morgan fingerprint density at radius 2 is 2.12 bits per heavy atom. The topological polar surface area (TPSA) is 63.8 Å². The zero-order valence-electron chi connectivity index (χ0n) is 9.39. The number of nitrogens with two attached hydrogens (primary N) is 1. The van der Waals surface area contributed by atoms with E-state index in [1.165, 1.54) is 0 Å². The molecule has 0 aliphatic carbocycles. The largest absolute Gasteiger partial charge is 0.396 e. The normalized spacial score (nSPS) is 12.1. The molecule has 0 bridgehead atoms. The van der Waals surface area contributed by atoms with E-state index in [-0.39, 0.29) is 6.04 Å². The highest BCUT2D eigenvalue weighted by Crippen LogP contribution is 2.22. The van der Waals surface area contributed by atoms with E-state index in [1.807, 2.05) is 25.1 Å². The number of nitrogens with zero attached hydrogens (tertiary/aromatic N) is 2. The first kappa shape index (κ1) is 11.7. The number of halogens is 1. The fourth-order valence-electron chi connectivity index (χ4n) is 1.47. The molecule has 2 aromatic heterocycles. The standard InChI is InChI=1S/C12H13ClN4/c1-8(10-4-2-3-7-15-10)16-12-9(14)5-6-11(13)17-12/h2-8H,14H2,1H3,(H,16,17). The van der Waals surface area contributed by atoms with Gasteiger partial charge in [0.2, 0.25) is 0 Å². The van der Waals surface area contributed by atoms with Gasteiger partial charge in [-0.15, -0.1) is 0 Å². The maximum absolute atomic E-state index is 5.82. The molecule has 3 N–H and O–H groups in total. The highest BCUT2D eigenvalue weighted by Gasteiger charge is 2.09. The van der Waals surface area contributed by atoms with Crippen molar-refractivity contribution in [2.75, 3.05) is 11.1 Å². The average Bonchev–Trinajstić information content (AvgIpc) is 2.35. The minimum atomic E-state index is 0.0180. The van der Waals surface area contributed by atoms with Gasteiger partial charge in [-0.3, -0.25) is 4.98 Å². The Hall–Kier alpha value is -1.81. The Labute approximate surface area is 105 Å². The summed E-state index contributed by atoms with van der Waals surface area (Å²) < 4.78 is 0. The third-order valence-electron chi connectivity index (χ3n) is 2.38. The van der Waals surface area contributed by atoms with Crippen LogP contribution in [0.2, 0.25) is 5.15 Å². The number of pyridine rings is 2. The number of hydrogen-bond acceptors (Lipinski definition) is 4. The van der Waals surface area contributed by atoms with Crippen LogP contribution in [0.3, 0.4) is 0 Å². The molecule has 0 amide bonds. The summed E-state index contributed by atoms with van der Waals surface area (Å²) in [7, 11) is 0. The maximum Gasteiger partial charge on any atom is 0.151 e. The minimum Gasteiger partial charge on any atom is -0.396 e. The van der Waals surface area contributed by atoms with E-state index >= 15 is 0 Å². The Bertz CT molecular complexity index is 501. The molecule has 0 spiro atoms. The molecule has 2 aromatic rings. The summed E-state index contributed by atoms with van der Waals surface area (Å²) in [4.78, 5) is 8.40. The summed E-state index contributed by atoms with van der Waals surface area (Å²) in [6.07, 6.45) is 1.75. The van der Waals surface area contributed by atoms with Crippen LogP contribution >= 0.6 is 11.6 Å². The zero-order chi connectivity index (χ0) is 12.3. The summed E-state index contributed by atoms with van der Waals surface area (Å²) in [5, 5.41) is 3.60. The monoisotopic (exact) mass is 248 g/mol. The van der Waals surface area contributed by atoms with Crippen LogP contribution in [0.4, 0.5) is 11.5 Å². The number of nitrogen functional groups attached to an aromatic ring is 1. The van der Waals surface area contributed by atoms with E-state index in [0.717, 1.165) is 5.69 Å². The molecule has 0 saturated heterocycles. The molecule has 0 radical (unpaired) electrons. The Morgan fingerprint density at radius 1 is 1.29 bits per heavy atom. The molecule has 17 heavy (non-hydrogen) atoms. The SMILES string of the molecule is CC(Nc1nc(Cl)ccc1N)c1ccccn1. The first-order valence-electron chi connectivity index (χ1n) is 5.26. The third-order valence-corrected chi connectivity index (χ3v) is 2.59. The van der Waals surface area contributed by atoms with E-state index in [9.17, 15) is 0 Å². The van der Waals surface area contributed by atoms with Gasteiger partial charge < -0.3 is 11.1 Å². The van der Waals surface area contributed by atoms with Gasteiger partial charge in [-0.05, 0) is 31.2 Å². The van der Waals surface area contributed by atoms with Gasteiger partial charge in [0, 0.05) is 6.20 Å². The fourth-order valence-corrected chi connectivity index (χ4v) is 1.62. The smallest absolute Gasteiger partial charge is 0.151 e. The van der Waals surface area contributed by atoms with Crippen molar-refractivity contribution in [1.82, 2.24) is 9.97 Å². The van der Waals surface area contributed by atoms with Crippen molar-refractivity contribution >= 4 is 23.1 Å². The zero-order valence-corrected chi connectivity index (χ0v) is 10.1. The summed E-state index contributed by atoms with van der Waals surface area (Å²) in [6, 6.07) is 9.16. The second-order valence-corrected chi connectivity index (χ2v) is 4.08. The first-order chi connectivity index (χ1) is 8.16. The molecule has 2 heterocycles. The summed E-state index contributed by atoms with van der Waals surface area (Å²) >= 11 is 5.82. The van der Waals surface area contributed by atoms with Crippen LogP contribution in [0.25, 0.3) is 0 Å². The molecular formula is C12H13ClN4. The molecular weight excluding hydrogens is 236 g/mol. The van der Waals surface area contributed by atoms with Crippen molar-refractivity contribution < 1.29 is 0 Å². The van der Waals surface area contributed by atoms with Crippen molar-refractivity contribution in [2.45, 2.75) is 13.0 Å². The molecule has 1 atom stereocenters. The van der Waals surface area contributed by atoms with E-state index in [0.29, 0.717) is 16.7 Å². The Kier molecular flexibility index (Phi) is 3.44. The van der Waals surface area contributed by atoms with Crippen LogP contribution in [-0.4, -0.2) is 9.97 Å². The van der Waals surface area contributed by atoms with Crippen LogP contribution in [-0.2, 0) is 0 Å². The number of nitrogens with one attached hydrogen (secondary N) is 1. The minimum absolute atomic E-state index is 0.0180. The van der Waals surface area contributed by atoms with Crippen molar-refractivity contribution in [3.8, 4) is 0 Å². The predicted octanol–water partition coefficient (Wildman–Crippen LogP) is 2.89. The van der Waals surface area contributed by atoms with Crippen molar-refractivity contribution in [3.05, 3.63) is 47.4 Å². The molecule has 5 heteroatoms. The van der Waals surface area contributed by atoms with Crippen LogP contribution in [0.15, 0.2) is 36.5 Å². The van der Waals surface area contributed by atoms with Crippen LogP contribution in [0, 0.1) is 0 Å². The van der Waals surface area contributed by atoms with Gasteiger partial charge in [-0.1, -0.05) is 17.7 Å². The molecule has 1 unspecified atom stereocenters. The predicted molar refractivity (Wildman–Crippen MR) is 69.9 cm³/mol. The number of anilines is 2. The van der Waals surface area contributed by atoms with Gasteiger partial charge >= 0.3 is 0 Å². The van der Waals surface area contributed by atoms with Gasteiger partial charge in [0.25, 0.3) is 0 Å². The van der Waals surface area contributed by atoms with Gasteiger partial charge in [-0.25, -0.2) is 4.98 Å². The summed E-state index contributed by atoms with van der Waals surface area (Å²) in [6.45, 7) is 1.99. The summed E-state index contributed by atoms with van der Waals surface area (Å²) in [5.74, 6) is 0.579. The van der Waals surface area contributed by atoms with E-state index in [1.54, 1.807) is 18.3 Å². The number of rotatable bonds is 3.